The normalized spacial score (nSPS) is 21.8. The first-order valence-corrected chi connectivity index (χ1v) is 15.6. The van der Waals surface area contributed by atoms with E-state index in [1.165, 1.54) is 0 Å². The molecule has 1 fully saturated rings. The van der Waals surface area contributed by atoms with Crippen molar-refractivity contribution < 1.29 is 14.3 Å². The third kappa shape index (κ3) is 4.03. The molecule has 2 aliphatic heterocycles. The van der Waals surface area contributed by atoms with Crippen molar-refractivity contribution in [2.45, 2.75) is 76.4 Å². The van der Waals surface area contributed by atoms with Crippen LogP contribution in [0.5, 0.6) is 5.75 Å². The molecule has 0 aromatic heterocycles. The molecule has 0 saturated heterocycles. The van der Waals surface area contributed by atoms with E-state index in [4.69, 9.17) is 16.3 Å². The fraction of sp³-hybridized carbons (Fsp3) is 0.560. The minimum absolute atomic E-state index is 0.0902. The van der Waals surface area contributed by atoms with Gasteiger partial charge in [-0.05, 0) is 63.5 Å². The van der Waals surface area contributed by atoms with Gasteiger partial charge in [-0.15, -0.1) is 0 Å². The molecule has 6 nitrogen and oxygen atoms in total. The van der Waals surface area contributed by atoms with Crippen molar-refractivity contribution in [3.8, 4) is 5.75 Å². The third-order valence-electron chi connectivity index (χ3n) is 7.82. The van der Waals surface area contributed by atoms with Crippen LogP contribution in [0.2, 0.25) is 29.7 Å². The van der Waals surface area contributed by atoms with E-state index in [1.54, 1.807) is 31.2 Å². The van der Waals surface area contributed by atoms with Gasteiger partial charge < -0.3 is 15.0 Å². The van der Waals surface area contributed by atoms with Crippen molar-refractivity contribution >= 4 is 37.3 Å². The molecule has 1 aromatic rings. The highest BCUT2D eigenvalue weighted by Crippen LogP contribution is 2.55. The largest absolute Gasteiger partial charge is 0.481 e. The number of rotatable bonds is 5. The van der Waals surface area contributed by atoms with Gasteiger partial charge >= 0.3 is 0 Å². The molecular weight excluding hydrogens is 454 g/mol. The van der Waals surface area contributed by atoms with Crippen LogP contribution in [0, 0.1) is 0 Å². The van der Waals surface area contributed by atoms with Crippen LogP contribution in [-0.2, 0) is 9.59 Å². The molecule has 4 rings (SSSR count). The Bertz CT molecular complexity index is 1040. The lowest BCUT2D eigenvalue weighted by Crippen LogP contribution is -2.55. The number of benzene rings is 1. The predicted octanol–water partition coefficient (Wildman–Crippen LogP) is 4.82. The van der Waals surface area contributed by atoms with E-state index in [0.29, 0.717) is 29.7 Å². The Kier molecular flexibility index (Phi) is 6.02. The molecule has 1 N–H and O–H groups in total. The molecular formula is C25H34ClN3O3Si. The lowest BCUT2D eigenvalue weighted by Gasteiger charge is -2.49. The summed E-state index contributed by atoms with van der Waals surface area (Å²) >= 11 is 5.95. The number of aliphatic imine (C=N–C) groups is 1. The summed E-state index contributed by atoms with van der Waals surface area (Å²) in [6.45, 7) is 13.6. The third-order valence-corrected chi connectivity index (χ3v) is 11.7. The van der Waals surface area contributed by atoms with Crippen LogP contribution in [-0.4, -0.2) is 55.4 Å². The van der Waals surface area contributed by atoms with Gasteiger partial charge in [0, 0.05) is 15.6 Å². The first-order chi connectivity index (χ1) is 15.4. The molecule has 178 valence electrons. The lowest BCUT2D eigenvalue weighted by atomic mass is 9.83. The van der Waals surface area contributed by atoms with Crippen LogP contribution in [0.25, 0.3) is 0 Å². The number of amides is 2. The van der Waals surface area contributed by atoms with E-state index in [0.717, 1.165) is 30.4 Å². The van der Waals surface area contributed by atoms with Crippen molar-refractivity contribution in [2.75, 3.05) is 13.1 Å². The quantitative estimate of drug-likeness (QED) is 0.605. The first-order valence-electron chi connectivity index (χ1n) is 11.7. The molecule has 2 heterocycles. The fourth-order valence-electron chi connectivity index (χ4n) is 5.27. The van der Waals surface area contributed by atoms with E-state index in [9.17, 15) is 9.59 Å². The second kappa shape index (κ2) is 8.27. The van der Waals surface area contributed by atoms with Crippen LogP contribution >= 0.6 is 11.6 Å². The van der Waals surface area contributed by atoms with Crippen molar-refractivity contribution in [3.63, 3.8) is 0 Å². The van der Waals surface area contributed by atoms with Gasteiger partial charge in [-0.3, -0.25) is 14.6 Å². The standard InChI is InChI=1S/C25H34ClN3O3Si/c1-16(32-18-10-8-17(26)9-11-18)22(30)29-15-19-20(24(29,2)3)14-27-21(19)28-23(31)25(12-7-13-25)33(4,5)6/h8-11,16H,7,12-15H2,1-6H3,(H,27,28,31). The number of halogens is 1. The molecule has 0 radical (unpaired) electrons. The molecule has 0 bridgehead atoms. The molecule has 1 unspecified atom stereocenters. The van der Waals surface area contributed by atoms with Crippen LogP contribution in [0.4, 0.5) is 0 Å². The van der Waals surface area contributed by atoms with Gasteiger partial charge in [0.25, 0.3) is 5.91 Å². The lowest BCUT2D eigenvalue weighted by molar-refractivity contribution is -0.140. The number of hydrogen-bond acceptors (Lipinski definition) is 4. The van der Waals surface area contributed by atoms with Crippen molar-refractivity contribution in [1.82, 2.24) is 10.2 Å². The minimum Gasteiger partial charge on any atom is -0.481 e. The van der Waals surface area contributed by atoms with Gasteiger partial charge in [-0.1, -0.05) is 37.7 Å². The maximum Gasteiger partial charge on any atom is 0.264 e. The average Bonchev–Trinajstić information content (AvgIpc) is 3.19. The Morgan fingerprint density at radius 2 is 1.82 bits per heavy atom. The summed E-state index contributed by atoms with van der Waals surface area (Å²) in [5, 5.41) is 3.58. The van der Waals surface area contributed by atoms with Gasteiger partial charge in [-0.2, -0.15) is 0 Å². The number of carbonyl (C=O) groups is 2. The minimum atomic E-state index is -1.68. The van der Waals surface area contributed by atoms with Gasteiger partial charge in [0.2, 0.25) is 5.91 Å². The summed E-state index contributed by atoms with van der Waals surface area (Å²) in [4.78, 5) is 33.2. The molecule has 1 aromatic carbocycles. The van der Waals surface area contributed by atoms with Gasteiger partial charge in [0.05, 0.1) is 26.7 Å². The summed E-state index contributed by atoms with van der Waals surface area (Å²) in [5.74, 6) is 1.27. The molecule has 3 aliphatic rings. The summed E-state index contributed by atoms with van der Waals surface area (Å²) in [6.07, 6.45) is 2.39. The highest BCUT2D eigenvalue weighted by atomic mass is 35.5. The second-order valence-electron chi connectivity index (χ2n) is 11.0. The zero-order valence-corrected chi connectivity index (χ0v) is 22.2. The zero-order valence-electron chi connectivity index (χ0n) is 20.4. The van der Waals surface area contributed by atoms with Crippen molar-refractivity contribution in [1.29, 1.82) is 0 Å². The number of nitrogens with zero attached hydrogens (tertiary/aromatic N) is 2. The summed E-state index contributed by atoms with van der Waals surface area (Å²) in [7, 11) is -1.68. The number of amidine groups is 1. The molecule has 0 spiro atoms. The first kappa shape index (κ1) is 24.0. The number of ether oxygens (including phenoxy) is 1. The summed E-state index contributed by atoms with van der Waals surface area (Å²) in [6, 6.07) is 7.00. The Hall–Kier alpha value is -2.12. The maximum atomic E-state index is 13.4. The van der Waals surface area contributed by atoms with Crippen LogP contribution in [0.3, 0.4) is 0 Å². The molecule has 1 atom stereocenters. The molecule has 2 amide bonds. The Morgan fingerprint density at radius 1 is 1.18 bits per heavy atom. The smallest absolute Gasteiger partial charge is 0.264 e. The van der Waals surface area contributed by atoms with Crippen molar-refractivity contribution in [3.05, 3.63) is 40.4 Å². The van der Waals surface area contributed by atoms with E-state index < -0.39 is 19.7 Å². The van der Waals surface area contributed by atoms with E-state index in [2.05, 4.69) is 30.0 Å². The average molecular weight is 488 g/mol. The van der Waals surface area contributed by atoms with Gasteiger partial charge in [0.1, 0.15) is 11.6 Å². The highest BCUT2D eigenvalue weighted by molar-refractivity contribution is 6.82. The van der Waals surface area contributed by atoms with Gasteiger partial charge in [0.15, 0.2) is 6.10 Å². The number of hydrogen-bond donors (Lipinski definition) is 1. The van der Waals surface area contributed by atoms with Crippen molar-refractivity contribution in [2.24, 2.45) is 4.99 Å². The second-order valence-corrected chi connectivity index (χ2v) is 16.9. The summed E-state index contributed by atoms with van der Waals surface area (Å²) < 4.78 is 5.89. The monoisotopic (exact) mass is 487 g/mol. The zero-order chi connectivity index (χ0) is 24.2. The molecule has 8 heteroatoms. The maximum absolute atomic E-state index is 13.4. The topological polar surface area (TPSA) is 71.0 Å². The van der Waals surface area contributed by atoms with E-state index in [-0.39, 0.29) is 16.9 Å². The summed E-state index contributed by atoms with van der Waals surface area (Å²) in [5.41, 5.74) is 1.58. The Labute approximate surface area is 202 Å². The van der Waals surface area contributed by atoms with Crippen LogP contribution in [0.15, 0.2) is 40.4 Å². The Balaban J connectivity index is 1.47. The fourth-order valence-corrected chi connectivity index (χ4v) is 8.00. The SMILES string of the molecule is CC(Oc1ccc(Cl)cc1)C(=O)N1CC2=C(CN=C2NC(=O)C2([Si](C)(C)C)CCC2)C1(C)C. The Morgan fingerprint density at radius 3 is 2.36 bits per heavy atom. The molecule has 1 aliphatic carbocycles. The molecule has 33 heavy (non-hydrogen) atoms. The highest BCUT2D eigenvalue weighted by Gasteiger charge is 2.54. The van der Waals surface area contributed by atoms with Crippen LogP contribution < -0.4 is 10.1 Å². The van der Waals surface area contributed by atoms with Crippen LogP contribution in [0.1, 0.15) is 40.0 Å². The predicted molar refractivity (Wildman–Crippen MR) is 135 cm³/mol. The number of carbonyl (C=O) groups excluding carboxylic acids is 2. The van der Waals surface area contributed by atoms with Gasteiger partial charge in [-0.25, -0.2) is 0 Å². The molecule has 1 saturated carbocycles. The number of nitrogens with one attached hydrogen (secondary N) is 1. The van der Waals surface area contributed by atoms with E-state index >= 15 is 0 Å². The van der Waals surface area contributed by atoms with E-state index in [1.807, 2.05) is 18.7 Å².